The number of nitrogens with one attached hydrogen (secondary N) is 2. The van der Waals surface area contributed by atoms with Crippen LogP contribution in [0.1, 0.15) is 16.8 Å². The van der Waals surface area contributed by atoms with Gasteiger partial charge in [0.25, 0.3) is 0 Å². The van der Waals surface area contributed by atoms with Crippen LogP contribution in [0.5, 0.6) is 0 Å². The number of aromatic nitrogens is 1. The zero-order chi connectivity index (χ0) is 16.6. The molecule has 0 atom stereocenters. The molecule has 1 aromatic heterocycles. The second kappa shape index (κ2) is 5.83. The highest BCUT2D eigenvalue weighted by Gasteiger charge is 2.14. The molecule has 1 heterocycles. The van der Waals surface area contributed by atoms with Gasteiger partial charge in [0.15, 0.2) is 0 Å². The third kappa shape index (κ3) is 3.08. The van der Waals surface area contributed by atoms with E-state index in [0.717, 1.165) is 16.8 Å². The molecular weight excluding hydrogens is 298 g/mol. The Bertz CT molecular complexity index is 899. The first-order valence-electron chi connectivity index (χ1n) is 7.27. The summed E-state index contributed by atoms with van der Waals surface area (Å²) in [4.78, 5) is 15.4. The Kier molecular flexibility index (Phi) is 3.86. The van der Waals surface area contributed by atoms with E-state index in [1.54, 1.807) is 13.0 Å². The van der Waals surface area contributed by atoms with Crippen LogP contribution in [0.25, 0.3) is 10.9 Å². The summed E-state index contributed by atoms with van der Waals surface area (Å²) in [6.45, 7) is 3.58. The molecule has 23 heavy (non-hydrogen) atoms. The Morgan fingerprint density at radius 3 is 2.52 bits per heavy atom. The van der Waals surface area contributed by atoms with Crippen LogP contribution in [0, 0.1) is 25.5 Å². The highest BCUT2D eigenvalue weighted by molar-refractivity contribution is 5.96. The van der Waals surface area contributed by atoms with Crippen molar-refractivity contribution in [3.8, 4) is 0 Å². The lowest BCUT2D eigenvalue weighted by atomic mass is 10.1. The maximum Gasteiger partial charge on any atom is 0.228 e. The van der Waals surface area contributed by atoms with Crippen LogP contribution in [0.3, 0.4) is 0 Å². The predicted octanol–water partition coefficient (Wildman–Crippen LogP) is 4.24. The Labute approximate surface area is 132 Å². The van der Waals surface area contributed by atoms with Crippen molar-refractivity contribution in [2.75, 3.05) is 5.32 Å². The highest BCUT2D eigenvalue weighted by atomic mass is 19.1. The number of halogens is 2. The lowest BCUT2D eigenvalue weighted by molar-refractivity contribution is -0.115. The van der Waals surface area contributed by atoms with E-state index in [-0.39, 0.29) is 24.0 Å². The lowest BCUT2D eigenvalue weighted by Gasteiger charge is -2.08. The van der Waals surface area contributed by atoms with E-state index >= 15 is 0 Å². The molecule has 5 heteroatoms. The zero-order valence-corrected chi connectivity index (χ0v) is 12.8. The van der Waals surface area contributed by atoms with Crippen molar-refractivity contribution >= 4 is 22.5 Å². The van der Waals surface area contributed by atoms with Crippen molar-refractivity contribution in [3.63, 3.8) is 0 Å². The molecular formula is C18H16F2N2O. The highest BCUT2D eigenvalue weighted by Crippen LogP contribution is 2.24. The summed E-state index contributed by atoms with van der Waals surface area (Å²) in [7, 11) is 0. The molecule has 0 aliphatic rings. The summed E-state index contributed by atoms with van der Waals surface area (Å²) < 4.78 is 26.6. The van der Waals surface area contributed by atoms with E-state index < -0.39 is 0 Å². The standard InChI is InChI=1S/C18H16F2N2O/c1-10-7-12(19)3-5-16(10)22-18(23)9-14-11(2)21-17-6-4-13(20)8-15(14)17/h3-8,21H,9H2,1-2H3,(H,22,23). The third-order valence-corrected chi connectivity index (χ3v) is 3.88. The van der Waals surface area contributed by atoms with Gasteiger partial charge in [-0.05, 0) is 61.4 Å². The summed E-state index contributed by atoms with van der Waals surface area (Å²) in [5.41, 5.74) is 3.61. The van der Waals surface area contributed by atoms with Gasteiger partial charge in [-0.3, -0.25) is 4.79 Å². The average Bonchev–Trinajstić information content (AvgIpc) is 2.78. The Hall–Kier alpha value is -2.69. The molecule has 0 bridgehead atoms. The Morgan fingerprint density at radius 1 is 1.09 bits per heavy atom. The number of amides is 1. The van der Waals surface area contributed by atoms with E-state index in [4.69, 9.17) is 0 Å². The van der Waals surface area contributed by atoms with Crippen molar-refractivity contribution in [2.45, 2.75) is 20.3 Å². The van der Waals surface area contributed by atoms with Gasteiger partial charge >= 0.3 is 0 Å². The number of anilines is 1. The number of fused-ring (bicyclic) bond motifs is 1. The number of aryl methyl sites for hydroxylation is 2. The number of carbonyl (C=O) groups is 1. The number of hydrogen-bond donors (Lipinski definition) is 2. The number of rotatable bonds is 3. The number of aromatic amines is 1. The second-order valence-corrected chi connectivity index (χ2v) is 5.60. The van der Waals surface area contributed by atoms with E-state index in [2.05, 4.69) is 10.3 Å². The first kappa shape index (κ1) is 15.2. The van der Waals surface area contributed by atoms with E-state index in [1.807, 2.05) is 6.92 Å². The van der Waals surface area contributed by atoms with Crippen molar-refractivity contribution in [1.29, 1.82) is 0 Å². The van der Waals surface area contributed by atoms with E-state index in [0.29, 0.717) is 16.6 Å². The molecule has 0 radical (unpaired) electrons. The molecule has 2 aromatic carbocycles. The van der Waals surface area contributed by atoms with Crippen LogP contribution in [-0.4, -0.2) is 10.9 Å². The number of carbonyl (C=O) groups excluding carboxylic acids is 1. The largest absolute Gasteiger partial charge is 0.358 e. The quantitative estimate of drug-likeness (QED) is 0.746. The summed E-state index contributed by atoms with van der Waals surface area (Å²) in [5.74, 6) is -0.913. The summed E-state index contributed by atoms with van der Waals surface area (Å²) >= 11 is 0. The van der Waals surface area contributed by atoms with Gasteiger partial charge in [-0.1, -0.05) is 0 Å². The summed E-state index contributed by atoms with van der Waals surface area (Å²) in [6, 6.07) is 8.65. The van der Waals surface area contributed by atoms with E-state index in [1.165, 1.54) is 30.3 Å². The van der Waals surface area contributed by atoms with Crippen LogP contribution < -0.4 is 5.32 Å². The topological polar surface area (TPSA) is 44.9 Å². The Balaban J connectivity index is 1.85. The molecule has 1 amide bonds. The first-order valence-corrected chi connectivity index (χ1v) is 7.27. The molecule has 0 spiro atoms. The molecule has 0 aliphatic carbocycles. The fraction of sp³-hybridized carbons (Fsp3) is 0.167. The van der Waals surface area contributed by atoms with Crippen molar-refractivity contribution < 1.29 is 13.6 Å². The fourth-order valence-corrected chi connectivity index (χ4v) is 2.70. The maximum atomic E-state index is 13.5. The smallest absolute Gasteiger partial charge is 0.228 e. The van der Waals surface area contributed by atoms with Crippen LogP contribution in [0.2, 0.25) is 0 Å². The molecule has 0 saturated heterocycles. The minimum atomic E-state index is -0.344. The third-order valence-electron chi connectivity index (χ3n) is 3.88. The van der Waals surface area contributed by atoms with E-state index in [9.17, 15) is 13.6 Å². The second-order valence-electron chi connectivity index (χ2n) is 5.60. The van der Waals surface area contributed by atoms with Gasteiger partial charge in [-0.2, -0.15) is 0 Å². The Morgan fingerprint density at radius 2 is 1.78 bits per heavy atom. The molecule has 3 rings (SSSR count). The van der Waals surface area contributed by atoms with Crippen molar-refractivity contribution in [1.82, 2.24) is 4.98 Å². The van der Waals surface area contributed by atoms with Gasteiger partial charge in [0.05, 0.1) is 6.42 Å². The fourth-order valence-electron chi connectivity index (χ4n) is 2.70. The maximum absolute atomic E-state index is 13.5. The average molecular weight is 314 g/mol. The van der Waals surface area contributed by atoms with Gasteiger partial charge in [0.2, 0.25) is 5.91 Å². The molecule has 0 saturated carbocycles. The number of benzene rings is 2. The van der Waals surface area contributed by atoms with Crippen molar-refractivity contribution in [2.24, 2.45) is 0 Å². The molecule has 3 aromatic rings. The molecule has 118 valence electrons. The van der Waals surface area contributed by atoms with Gasteiger partial charge in [0, 0.05) is 22.3 Å². The normalized spacial score (nSPS) is 11.0. The monoisotopic (exact) mass is 314 g/mol. The van der Waals surface area contributed by atoms with Gasteiger partial charge in [-0.15, -0.1) is 0 Å². The van der Waals surface area contributed by atoms with Crippen LogP contribution in [-0.2, 0) is 11.2 Å². The van der Waals surface area contributed by atoms with Crippen LogP contribution in [0.4, 0.5) is 14.5 Å². The van der Waals surface area contributed by atoms with Crippen LogP contribution >= 0.6 is 0 Å². The first-order chi connectivity index (χ1) is 10.9. The number of hydrogen-bond acceptors (Lipinski definition) is 1. The SMILES string of the molecule is Cc1cc(F)ccc1NC(=O)Cc1c(C)[nH]c2ccc(F)cc12. The molecule has 0 fully saturated rings. The molecule has 0 aliphatic heterocycles. The minimum absolute atomic E-state index is 0.117. The summed E-state index contributed by atoms with van der Waals surface area (Å²) in [5, 5.41) is 3.47. The molecule has 0 unspecified atom stereocenters. The van der Waals surface area contributed by atoms with Gasteiger partial charge < -0.3 is 10.3 Å². The van der Waals surface area contributed by atoms with Gasteiger partial charge in [-0.25, -0.2) is 8.78 Å². The summed E-state index contributed by atoms with van der Waals surface area (Å²) in [6.07, 6.45) is 0.117. The van der Waals surface area contributed by atoms with Gasteiger partial charge in [0.1, 0.15) is 11.6 Å². The van der Waals surface area contributed by atoms with Crippen LogP contribution in [0.15, 0.2) is 36.4 Å². The lowest BCUT2D eigenvalue weighted by Crippen LogP contribution is -2.15. The predicted molar refractivity (Wildman–Crippen MR) is 86.5 cm³/mol. The van der Waals surface area contributed by atoms with Crippen molar-refractivity contribution in [3.05, 3.63) is 64.9 Å². The molecule has 2 N–H and O–H groups in total. The zero-order valence-electron chi connectivity index (χ0n) is 12.8. The molecule has 3 nitrogen and oxygen atoms in total. The minimum Gasteiger partial charge on any atom is -0.358 e. The number of H-pyrrole nitrogens is 1.